The van der Waals surface area contributed by atoms with Gasteiger partial charge in [-0.1, -0.05) is 188 Å². The Balaban J connectivity index is 1.31. The molecule has 0 saturated carbocycles. The highest BCUT2D eigenvalue weighted by Crippen LogP contribution is 2.46. The Morgan fingerprint density at radius 3 is 1.25 bits per heavy atom. The van der Waals surface area contributed by atoms with Gasteiger partial charge in [0, 0.05) is 0 Å². The van der Waals surface area contributed by atoms with Crippen molar-refractivity contribution >= 4 is 32.3 Å². The van der Waals surface area contributed by atoms with Gasteiger partial charge < -0.3 is 0 Å². The van der Waals surface area contributed by atoms with Crippen molar-refractivity contribution in [3.8, 4) is 55.6 Å². The van der Waals surface area contributed by atoms with Gasteiger partial charge in [-0.05, 0) is 94.0 Å². The summed E-state index contributed by atoms with van der Waals surface area (Å²) in [5, 5.41) is 7.57. The summed E-state index contributed by atoms with van der Waals surface area (Å²) in [6.45, 7) is 0. The molecule has 0 amide bonds. The summed E-state index contributed by atoms with van der Waals surface area (Å²) in [4.78, 5) is 0. The van der Waals surface area contributed by atoms with Crippen molar-refractivity contribution in [3.05, 3.63) is 194 Å². The fourth-order valence-electron chi connectivity index (χ4n) is 7.35. The first-order valence-electron chi connectivity index (χ1n) is 16.6. The van der Waals surface area contributed by atoms with Crippen LogP contribution in [0.25, 0.3) is 88.0 Å². The molecule has 0 aromatic heterocycles. The lowest BCUT2D eigenvalue weighted by atomic mass is 9.83. The topological polar surface area (TPSA) is 0 Å². The number of benzene rings is 9. The summed E-state index contributed by atoms with van der Waals surface area (Å²) in [6, 6.07) is 70.7. The van der Waals surface area contributed by atoms with Crippen LogP contribution in [-0.2, 0) is 0 Å². The minimum atomic E-state index is 1.21. The predicted octanol–water partition coefficient (Wildman–Crippen LogP) is 13.5. The van der Waals surface area contributed by atoms with Gasteiger partial charge >= 0.3 is 0 Å². The SMILES string of the molecule is c1ccc(-c2ccc(-c3ccc4c(-c5cccc6ccccc56)c5ccccc5c(-c5ccc(-c6ccccc6)cc5)c4c3)cc2)cc1. The van der Waals surface area contributed by atoms with E-state index >= 15 is 0 Å². The van der Waals surface area contributed by atoms with Crippen molar-refractivity contribution in [2.75, 3.05) is 0 Å². The van der Waals surface area contributed by atoms with Gasteiger partial charge in [-0.15, -0.1) is 0 Å². The lowest BCUT2D eigenvalue weighted by Gasteiger charge is -2.20. The van der Waals surface area contributed by atoms with E-state index in [4.69, 9.17) is 0 Å². The third-order valence-corrected chi connectivity index (χ3v) is 9.69. The molecule has 0 radical (unpaired) electrons. The molecule has 0 aliphatic heterocycles. The van der Waals surface area contributed by atoms with Crippen LogP contribution in [0.3, 0.4) is 0 Å². The van der Waals surface area contributed by atoms with E-state index in [0.29, 0.717) is 0 Å². The summed E-state index contributed by atoms with van der Waals surface area (Å²) in [5.41, 5.74) is 12.4. The first-order chi connectivity index (χ1) is 23.8. The van der Waals surface area contributed by atoms with Gasteiger partial charge in [-0.2, -0.15) is 0 Å². The molecular formula is C48H32. The lowest BCUT2D eigenvalue weighted by Crippen LogP contribution is -1.92. The van der Waals surface area contributed by atoms with Gasteiger partial charge in [-0.25, -0.2) is 0 Å². The van der Waals surface area contributed by atoms with E-state index in [1.165, 1.54) is 88.0 Å². The van der Waals surface area contributed by atoms with E-state index in [0.717, 1.165) is 0 Å². The van der Waals surface area contributed by atoms with Crippen LogP contribution >= 0.6 is 0 Å². The van der Waals surface area contributed by atoms with E-state index in [9.17, 15) is 0 Å². The van der Waals surface area contributed by atoms with E-state index < -0.39 is 0 Å². The molecule has 0 spiro atoms. The smallest absolute Gasteiger partial charge is 0.00201 e. The highest BCUT2D eigenvalue weighted by Gasteiger charge is 2.19. The Morgan fingerprint density at radius 2 is 0.625 bits per heavy atom. The summed E-state index contributed by atoms with van der Waals surface area (Å²) >= 11 is 0. The number of hydrogen-bond donors (Lipinski definition) is 0. The maximum absolute atomic E-state index is 2.41. The lowest BCUT2D eigenvalue weighted by molar-refractivity contribution is 1.59. The molecule has 0 fully saturated rings. The van der Waals surface area contributed by atoms with Crippen molar-refractivity contribution in [2.24, 2.45) is 0 Å². The molecule has 0 bridgehead atoms. The van der Waals surface area contributed by atoms with Gasteiger partial charge in [0.1, 0.15) is 0 Å². The third kappa shape index (κ3) is 4.87. The van der Waals surface area contributed by atoms with E-state index in [1.807, 2.05) is 0 Å². The van der Waals surface area contributed by atoms with E-state index in [-0.39, 0.29) is 0 Å². The van der Waals surface area contributed by atoms with Crippen LogP contribution in [0, 0.1) is 0 Å². The van der Waals surface area contributed by atoms with Crippen molar-refractivity contribution in [1.82, 2.24) is 0 Å². The standard InChI is InChI=1S/C48H32/c1-3-12-33(13-4-1)35-22-24-37(25-23-35)40-30-31-45-46(32-40)47(39-28-26-36(27-29-39)34-14-5-2-6-15-34)43-19-9-10-20-44(43)48(45)42-21-11-17-38-16-7-8-18-41(38)42/h1-32H. The zero-order valence-electron chi connectivity index (χ0n) is 26.5. The van der Waals surface area contributed by atoms with E-state index in [1.54, 1.807) is 0 Å². The summed E-state index contributed by atoms with van der Waals surface area (Å²) < 4.78 is 0. The highest BCUT2D eigenvalue weighted by molar-refractivity contribution is 6.24. The fraction of sp³-hybridized carbons (Fsp3) is 0. The fourth-order valence-corrected chi connectivity index (χ4v) is 7.35. The number of fused-ring (bicyclic) bond motifs is 3. The normalized spacial score (nSPS) is 11.3. The highest BCUT2D eigenvalue weighted by atomic mass is 14.2. The Labute approximate surface area is 281 Å². The second-order valence-corrected chi connectivity index (χ2v) is 12.5. The Kier molecular flexibility index (Phi) is 6.91. The van der Waals surface area contributed by atoms with Crippen LogP contribution in [0.15, 0.2) is 194 Å². The van der Waals surface area contributed by atoms with Crippen molar-refractivity contribution in [3.63, 3.8) is 0 Å². The van der Waals surface area contributed by atoms with Gasteiger partial charge in [0.15, 0.2) is 0 Å². The average molecular weight is 609 g/mol. The molecule has 224 valence electrons. The van der Waals surface area contributed by atoms with Crippen LogP contribution in [0.2, 0.25) is 0 Å². The van der Waals surface area contributed by atoms with Crippen molar-refractivity contribution < 1.29 is 0 Å². The van der Waals surface area contributed by atoms with Gasteiger partial charge in [0.25, 0.3) is 0 Å². The second-order valence-electron chi connectivity index (χ2n) is 12.5. The molecule has 9 aromatic rings. The first kappa shape index (κ1) is 28.0. The van der Waals surface area contributed by atoms with Crippen molar-refractivity contribution in [2.45, 2.75) is 0 Å². The largest absolute Gasteiger partial charge is 0.0622 e. The molecule has 9 aromatic carbocycles. The molecule has 48 heavy (non-hydrogen) atoms. The molecule has 0 heteroatoms. The van der Waals surface area contributed by atoms with Crippen LogP contribution in [0.4, 0.5) is 0 Å². The van der Waals surface area contributed by atoms with Crippen LogP contribution < -0.4 is 0 Å². The molecule has 0 nitrogen and oxygen atoms in total. The number of rotatable bonds is 5. The number of hydrogen-bond acceptors (Lipinski definition) is 0. The predicted molar refractivity (Wildman–Crippen MR) is 206 cm³/mol. The molecular weight excluding hydrogens is 577 g/mol. The van der Waals surface area contributed by atoms with E-state index in [2.05, 4.69) is 194 Å². The Bertz CT molecular complexity index is 2550. The Hall–Kier alpha value is -6.24. The zero-order chi connectivity index (χ0) is 31.9. The monoisotopic (exact) mass is 608 g/mol. The summed E-state index contributed by atoms with van der Waals surface area (Å²) in [7, 11) is 0. The quantitative estimate of drug-likeness (QED) is 0.171. The zero-order valence-corrected chi connectivity index (χ0v) is 26.5. The third-order valence-electron chi connectivity index (χ3n) is 9.69. The van der Waals surface area contributed by atoms with Crippen LogP contribution in [-0.4, -0.2) is 0 Å². The summed E-state index contributed by atoms with van der Waals surface area (Å²) in [6.07, 6.45) is 0. The molecule has 0 saturated heterocycles. The molecule has 0 N–H and O–H groups in total. The van der Waals surface area contributed by atoms with Crippen LogP contribution in [0.1, 0.15) is 0 Å². The molecule has 0 heterocycles. The summed E-state index contributed by atoms with van der Waals surface area (Å²) in [5.74, 6) is 0. The minimum Gasteiger partial charge on any atom is -0.0622 e. The van der Waals surface area contributed by atoms with Crippen LogP contribution in [0.5, 0.6) is 0 Å². The van der Waals surface area contributed by atoms with Gasteiger partial charge in [-0.3, -0.25) is 0 Å². The maximum Gasteiger partial charge on any atom is -0.00201 e. The molecule has 0 aliphatic carbocycles. The molecule has 0 atom stereocenters. The minimum absolute atomic E-state index is 1.21. The first-order valence-corrected chi connectivity index (χ1v) is 16.6. The molecule has 9 rings (SSSR count). The van der Waals surface area contributed by atoms with Gasteiger partial charge in [0.2, 0.25) is 0 Å². The maximum atomic E-state index is 2.41. The average Bonchev–Trinajstić information content (AvgIpc) is 3.17. The molecule has 0 unspecified atom stereocenters. The van der Waals surface area contributed by atoms with Gasteiger partial charge in [0.05, 0.1) is 0 Å². The van der Waals surface area contributed by atoms with Crippen molar-refractivity contribution in [1.29, 1.82) is 0 Å². The Morgan fingerprint density at radius 1 is 0.208 bits per heavy atom. The molecule has 0 aliphatic rings. The second kappa shape index (κ2) is 11.8.